The van der Waals surface area contributed by atoms with Crippen molar-refractivity contribution in [2.45, 2.75) is 26.4 Å². The molecular weight excluding hydrogens is 491 g/mol. The summed E-state index contributed by atoms with van der Waals surface area (Å²) in [7, 11) is 0. The van der Waals surface area contributed by atoms with Crippen molar-refractivity contribution < 1.29 is 27.6 Å². The van der Waals surface area contributed by atoms with Crippen molar-refractivity contribution in [2.75, 3.05) is 4.90 Å². The van der Waals surface area contributed by atoms with Crippen molar-refractivity contribution in [3.05, 3.63) is 102 Å². The lowest BCUT2D eigenvalue weighted by molar-refractivity contribution is -0.137. The van der Waals surface area contributed by atoms with E-state index in [-0.39, 0.29) is 17.9 Å². The summed E-state index contributed by atoms with van der Waals surface area (Å²) >= 11 is 0. The lowest BCUT2D eigenvalue weighted by Gasteiger charge is -2.37. The van der Waals surface area contributed by atoms with Crippen LogP contribution in [-0.2, 0) is 20.6 Å². The number of imide groups is 1. The molecule has 0 spiro atoms. The molecule has 1 saturated carbocycles. The number of ketones is 1. The largest absolute Gasteiger partial charge is 0.416 e. The predicted molar refractivity (Wildman–Crippen MR) is 136 cm³/mol. The van der Waals surface area contributed by atoms with E-state index in [0.717, 1.165) is 33.7 Å². The van der Waals surface area contributed by atoms with Crippen LogP contribution in [0, 0.1) is 22.7 Å². The fraction of sp³-hybridized carbons (Fsp3) is 0.258. The number of rotatable bonds is 4. The van der Waals surface area contributed by atoms with E-state index < -0.39 is 46.2 Å². The summed E-state index contributed by atoms with van der Waals surface area (Å²) in [5.74, 6) is -3.45. The van der Waals surface area contributed by atoms with Crippen LogP contribution < -0.4 is 4.90 Å². The van der Waals surface area contributed by atoms with E-state index in [1.54, 1.807) is 6.92 Å². The molecule has 2 fully saturated rings. The molecule has 1 saturated heterocycles. The third-order valence-electron chi connectivity index (χ3n) is 8.67. The first kappa shape index (κ1) is 24.3. The van der Waals surface area contributed by atoms with Crippen LogP contribution in [0.15, 0.2) is 84.9 Å². The normalized spacial score (nSPS) is 28.4. The molecular formula is C31H24F3NO3. The van der Waals surface area contributed by atoms with Gasteiger partial charge in [-0.1, -0.05) is 73.7 Å². The van der Waals surface area contributed by atoms with E-state index in [1.165, 1.54) is 12.1 Å². The highest BCUT2D eigenvalue weighted by atomic mass is 19.4. The number of hydrogen-bond donors (Lipinski definition) is 0. The number of carbonyl (C=O) groups is 3. The van der Waals surface area contributed by atoms with Crippen molar-refractivity contribution in [2.24, 2.45) is 22.7 Å². The number of Topliss-reactive ketones (excluding diaryl/α,β-unsaturated/α-hetero) is 1. The van der Waals surface area contributed by atoms with Gasteiger partial charge in [0, 0.05) is 0 Å². The number of alkyl halides is 3. The van der Waals surface area contributed by atoms with Gasteiger partial charge in [-0.05, 0) is 53.8 Å². The van der Waals surface area contributed by atoms with Crippen molar-refractivity contribution in [3.63, 3.8) is 0 Å². The minimum absolute atomic E-state index is 0.131. The van der Waals surface area contributed by atoms with Crippen LogP contribution in [0.4, 0.5) is 18.9 Å². The van der Waals surface area contributed by atoms with Crippen LogP contribution in [0.1, 0.15) is 37.0 Å². The number of hydrogen-bond acceptors (Lipinski definition) is 3. The zero-order chi connectivity index (χ0) is 27.0. The summed E-state index contributed by atoms with van der Waals surface area (Å²) < 4.78 is 40.4. The van der Waals surface area contributed by atoms with E-state index in [1.807, 2.05) is 67.6 Å². The predicted octanol–water partition coefficient (Wildman–Crippen LogP) is 6.42. The monoisotopic (exact) mass is 515 g/mol. The molecule has 2 amide bonds. The Kier molecular flexibility index (Phi) is 5.12. The van der Waals surface area contributed by atoms with Gasteiger partial charge in [0.1, 0.15) is 0 Å². The summed E-state index contributed by atoms with van der Waals surface area (Å²) in [6.45, 7) is 3.56. The average Bonchev–Trinajstić information content (AvgIpc) is 3.39. The standard InChI is InChI=1S/C31H24F3NO3/c1-3-30-23(19-13-8-5-9-14-19)22(18-11-6-4-7-12-18)29(2,28(30)38)24-25(30)27(37)35(26(24)36)21-16-10-15-20(17-21)31(32,33)34/h4-17,24-25H,3H2,1-2H3/t24-,25+,29+,30-/m1/s1. The van der Waals surface area contributed by atoms with Crippen molar-refractivity contribution in [3.8, 4) is 0 Å². The van der Waals surface area contributed by atoms with E-state index in [2.05, 4.69) is 0 Å². The third kappa shape index (κ3) is 2.90. The topological polar surface area (TPSA) is 54.5 Å². The molecule has 192 valence electrons. The zero-order valence-electron chi connectivity index (χ0n) is 20.8. The smallest absolute Gasteiger partial charge is 0.298 e. The van der Waals surface area contributed by atoms with E-state index in [0.29, 0.717) is 5.57 Å². The first-order valence-electron chi connectivity index (χ1n) is 12.5. The Labute approximate surface area is 217 Å². The Morgan fingerprint density at radius 3 is 1.87 bits per heavy atom. The van der Waals surface area contributed by atoms with Crippen LogP contribution >= 0.6 is 0 Å². The maximum absolute atomic E-state index is 14.4. The van der Waals surface area contributed by atoms with Gasteiger partial charge >= 0.3 is 6.18 Å². The number of nitrogens with zero attached hydrogens (tertiary/aromatic N) is 1. The van der Waals surface area contributed by atoms with Crippen LogP contribution in [0.25, 0.3) is 11.1 Å². The van der Waals surface area contributed by atoms with E-state index in [9.17, 15) is 27.6 Å². The highest BCUT2D eigenvalue weighted by molar-refractivity contribution is 6.34. The molecule has 1 aliphatic heterocycles. The molecule has 2 aliphatic carbocycles. The van der Waals surface area contributed by atoms with Crippen LogP contribution in [0.3, 0.4) is 0 Å². The number of anilines is 1. The van der Waals surface area contributed by atoms with Gasteiger partial charge < -0.3 is 0 Å². The Morgan fingerprint density at radius 2 is 1.32 bits per heavy atom. The third-order valence-corrected chi connectivity index (χ3v) is 8.67. The van der Waals surface area contributed by atoms with Crippen LogP contribution in [0.5, 0.6) is 0 Å². The summed E-state index contributed by atoms with van der Waals surface area (Å²) in [5.41, 5.74) is -0.664. The highest BCUT2D eigenvalue weighted by Crippen LogP contribution is 2.74. The number of allylic oxidation sites excluding steroid dienone is 2. The second-order valence-electron chi connectivity index (χ2n) is 10.4. The average molecular weight is 516 g/mol. The van der Waals surface area contributed by atoms with E-state index >= 15 is 0 Å². The number of carbonyl (C=O) groups excluding carboxylic acids is 3. The maximum atomic E-state index is 14.4. The lowest BCUT2D eigenvalue weighted by atomic mass is 9.62. The molecule has 1 heterocycles. The summed E-state index contributed by atoms with van der Waals surface area (Å²) in [4.78, 5) is 43.4. The lowest BCUT2D eigenvalue weighted by Crippen LogP contribution is -2.41. The van der Waals surface area contributed by atoms with Gasteiger partial charge in [0.25, 0.3) is 0 Å². The van der Waals surface area contributed by atoms with Crippen molar-refractivity contribution in [1.29, 1.82) is 0 Å². The second-order valence-corrected chi connectivity index (χ2v) is 10.4. The Balaban J connectivity index is 1.60. The summed E-state index contributed by atoms with van der Waals surface area (Å²) in [6.07, 6.45) is -4.36. The quantitative estimate of drug-likeness (QED) is 0.377. The van der Waals surface area contributed by atoms with Gasteiger partial charge in [-0.25, -0.2) is 4.90 Å². The highest BCUT2D eigenvalue weighted by Gasteiger charge is 2.79. The van der Waals surface area contributed by atoms with E-state index in [4.69, 9.17) is 0 Å². The van der Waals surface area contributed by atoms with Gasteiger partial charge in [-0.15, -0.1) is 0 Å². The molecule has 3 aliphatic rings. The number of amides is 2. The Bertz CT molecular complexity index is 1530. The fourth-order valence-electron chi connectivity index (χ4n) is 7.20. The summed E-state index contributed by atoms with van der Waals surface area (Å²) in [6, 6.07) is 23.0. The molecule has 4 atom stereocenters. The number of fused-ring (bicyclic) bond motifs is 5. The molecule has 3 aromatic rings. The Hall–Kier alpha value is -4.00. The second kappa shape index (κ2) is 8.00. The van der Waals surface area contributed by atoms with Gasteiger partial charge in [-0.2, -0.15) is 13.2 Å². The van der Waals surface area contributed by atoms with Gasteiger partial charge in [-0.3, -0.25) is 14.4 Å². The van der Waals surface area contributed by atoms with Crippen LogP contribution in [0.2, 0.25) is 0 Å². The Morgan fingerprint density at radius 1 is 0.763 bits per heavy atom. The van der Waals surface area contributed by atoms with Crippen LogP contribution in [-0.4, -0.2) is 17.6 Å². The summed E-state index contributed by atoms with van der Waals surface area (Å²) in [5, 5.41) is 0. The molecule has 0 N–H and O–H groups in total. The molecule has 0 aromatic heterocycles. The molecule has 4 nitrogen and oxygen atoms in total. The van der Waals surface area contributed by atoms with Gasteiger partial charge in [0.15, 0.2) is 5.78 Å². The molecule has 3 aromatic carbocycles. The number of halogens is 3. The molecule has 6 rings (SSSR count). The van der Waals surface area contributed by atoms with Gasteiger partial charge in [0.05, 0.1) is 33.9 Å². The van der Waals surface area contributed by atoms with Crippen molar-refractivity contribution in [1.82, 2.24) is 0 Å². The first-order chi connectivity index (χ1) is 18.1. The fourth-order valence-corrected chi connectivity index (χ4v) is 7.20. The minimum Gasteiger partial charge on any atom is -0.298 e. The minimum atomic E-state index is -4.63. The molecule has 2 bridgehead atoms. The molecule has 0 unspecified atom stereocenters. The zero-order valence-corrected chi connectivity index (χ0v) is 20.8. The molecule has 38 heavy (non-hydrogen) atoms. The van der Waals surface area contributed by atoms with Gasteiger partial charge in [0.2, 0.25) is 11.8 Å². The van der Waals surface area contributed by atoms with Crippen molar-refractivity contribution >= 4 is 34.4 Å². The SMILES string of the molecule is CC[C@@]12C(=O)[C@@](C)(C(c3ccccc3)=C1c1ccccc1)[C@H]1C(=O)N(c3cccc(C(F)(F)F)c3)C(=O)[C@H]12. The molecule has 0 radical (unpaired) electrons. The first-order valence-corrected chi connectivity index (χ1v) is 12.5. The maximum Gasteiger partial charge on any atom is 0.416 e. The number of benzene rings is 3. The molecule has 7 heteroatoms.